The quantitative estimate of drug-likeness (QED) is 0.647. The molecule has 3 aromatic rings. The van der Waals surface area contributed by atoms with Crippen LogP contribution in [0.3, 0.4) is 0 Å². The van der Waals surface area contributed by atoms with E-state index < -0.39 is 11.7 Å². The molecule has 1 aliphatic carbocycles. The van der Waals surface area contributed by atoms with Crippen LogP contribution in [0, 0.1) is 0 Å². The molecule has 0 radical (unpaired) electrons. The summed E-state index contributed by atoms with van der Waals surface area (Å²) in [6.07, 6.45) is 0.0535. The summed E-state index contributed by atoms with van der Waals surface area (Å²) in [5.74, 6) is -0.0555. The predicted octanol–water partition coefficient (Wildman–Crippen LogP) is 4.66. The van der Waals surface area contributed by atoms with E-state index in [4.69, 9.17) is 4.42 Å². The number of halogens is 3. The minimum atomic E-state index is -4.45. The van der Waals surface area contributed by atoms with E-state index in [0.717, 1.165) is 43.5 Å². The highest BCUT2D eigenvalue weighted by molar-refractivity contribution is 7.15. The monoisotopic (exact) mass is 422 g/mol. The molecule has 10 heteroatoms. The number of benzene rings is 1. The zero-order valence-electron chi connectivity index (χ0n) is 15.3. The van der Waals surface area contributed by atoms with Gasteiger partial charge in [0.15, 0.2) is 5.13 Å². The first kappa shape index (κ1) is 19.6. The number of alkyl halides is 3. The number of thiazole rings is 1. The van der Waals surface area contributed by atoms with Crippen LogP contribution >= 0.6 is 11.3 Å². The van der Waals surface area contributed by atoms with Crippen LogP contribution in [-0.4, -0.2) is 21.1 Å². The molecule has 1 aliphatic rings. The fourth-order valence-corrected chi connectivity index (χ4v) is 4.17. The van der Waals surface area contributed by atoms with Crippen LogP contribution in [0.5, 0.6) is 0 Å². The van der Waals surface area contributed by atoms with Crippen molar-refractivity contribution in [1.82, 2.24) is 15.2 Å². The van der Waals surface area contributed by atoms with Gasteiger partial charge in [-0.3, -0.25) is 4.79 Å². The van der Waals surface area contributed by atoms with Crippen molar-refractivity contribution >= 4 is 22.4 Å². The minimum absolute atomic E-state index is 0.0147. The molecule has 0 aliphatic heterocycles. The average Bonchev–Trinajstić information content (AvgIpc) is 3.32. The fourth-order valence-electron chi connectivity index (χ4n) is 3.11. The van der Waals surface area contributed by atoms with Crippen LogP contribution in [-0.2, 0) is 30.2 Å². The number of nitrogens with zero attached hydrogens (tertiary/aromatic N) is 3. The number of anilines is 1. The fraction of sp³-hybridized carbons (Fsp3) is 0.368. The van der Waals surface area contributed by atoms with Crippen molar-refractivity contribution in [2.75, 3.05) is 5.32 Å². The van der Waals surface area contributed by atoms with Crippen LogP contribution in [0.1, 0.15) is 41.3 Å². The largest absolute Gasteiger partial charge is 0.421 e. The van der Waals surface area contributed by atoms with Gasteiger partial charge < -0.3 is 9.73 Å². The van der Waals surface area contributed by atoms with Crippen molar-refractivity contribution in [2.45, 2.75) is 44.7 Å². The number of aromatic nitrogens is 3. The standard InChI is InChI=1S/C19H17F3N4O2S/c20-19(21,22)12-5-3-4-11(10-12)17-26-25-16(28-17)9-8-15(27)24-18-23-13-6-1-2-7-14(13)29-18/h3-5,10H,1-2,6-9H2,(H,23,24,27). The lowest BCUT2D eigenvalue weighted by atomic mass is 10.0. The molecule has 29 heavy (non-hydrogen) atoms. The molecule has 0 bridgehead atoms. The van der Waals surface area contributed by atoms with Gasteiger partial charge in [-0.25, -0.2) is 4.98 Å². The second kappa shape index (κ2) is 7.94. The zero-order chi connectivity index (χ0) is 20.4. The third kappa shape index (κ3) is 4.64. The van der Waals surface area contributed by atoms with E-state index in [1.54, 1.807) is 0 Å². The molecule has 2 heterocycles. The van der Waals surface area contributed by atoms with Crippen molar-refractivity contribution in [2.24, 2.45) is 0 Å². The van der Waals surface area contributed by atoms with Crippen LogP contribution in [0.25, 0.3) is 11.5 Å². The lowest BCUT2D eigenvalue weighted by Crippen LogP contribution is -2.12. The summed E-state index contributed by atoms with van der Waals surface area (Å²) >= 11 is 1.50. The Kier molecular flexibility index (Phi) is 5.35. The average molecular weight is 422 g/mol. The predicted molar refractivity (Wildman–Crippen MR) is 100 cm³/mol. The molecule has 0 saturated carbocycles. The number of fused-ring (bicyclic) bond motifs is 1. The van der Waals surface area contributed by atoms with Crippen molar-refractivity contribution in [3.05, 3.63) is 46.3 Å². The van der Waals surface area contributed by atoms with Gasteiger partial charge in [-0.05, 0) is 43.9 Å². The summed E-state index contributed by atoms with van der Waals surface area (Å²) < 4.78 is 43.9. The van der Waals surface area contributed by atoms with Gasteiger partial charge in [0, 0.05) is 23.3 Å². The van der Waals surface area contributed by atoms with Gasteiger partial charge in [-0.1, -0.05) is 6.07 Å². The highest BCUT2D eigenvalue weighted by Gasteiger charge is 2.30. The molecule has 0 spiro atoms. The van der Waals surface area contributed by atoms with E-state index in [1.165, 1.54) is 28.3 Å². The molecule has 0 unspecified atom stereocenters. The summed E-state index contributed by atoms with van der Waals surface area (Å²) in [6, 6.07) is 4.67. The first-order valence-electron chi connectivity index (χ1n) is 9.17. The molecule has 0 saturated heterocycles. The van der Waals surface area contributed by atoms with E-state index in [1.807, 2.05) is 0 Å². The van der Waals surface area contributed by atoms with E-state index in [2.05, 4.69) is 20.5 Å². The maximum absolute atomic E-state index is 12.8. The Hall–Kier alpha value is -2.75. The third-order valence-corrected chi connectivity index (χ3v) is 5.63. The summed E-state index contributed by atoms with van der Waals surface area (Å²) in [5, 5.41) is 11.0. The maximum atomic E-state index is 12.8. The highest BCUT2D eigenvalue weighted by Crippen LogP contribution is 2.32. The number of carbonyl (C=O) groups is 1. The van der Waals surface area contributed by atoms with Crippen LogP contribution < -0.4 is 5.32 Å². The molecular weight excluding hydrogens is 405 g/mol. The third-order valence-electron chi connectivity index (χ3n) is 4.56. The number of nitrogens with one attached hydrogen (secondary N) is 1. The number of carbonyl (C=O) groups excluding carboxylic acids is 1. The van der Waals surface area contributed by atoms with Crippen molar-refractivity contribution in [3.63, 3.8) is 0 Å². The SMILES string of the molecule is O=C(CCc1nnc(-c2cccc(C(F)(F)F)c2)o1)Nc1nc2c(s1)CCCC2. The maximum Gasteiger partial charge on any atom is 0.416 e. The number of hydrogen-bond donors (Lipinski definition) is 1. The normalized spacial score (nSPS) is 13.9. The zero-order valence-corrected chi connectivity index (χ0v) is 16.1. The first-order chi connectivity index (χ1) is 13.9. The van der Waals surface area contributed by atoms with Gasteiger partial charge in [0.25, 0.3) is 0 Å². The molecule has 1 amide bonds. The Morgan fingerprint density at radius 1 is 1.21 bits per heavy atom. The Labute approximate surface area is 168 Å². The second-order valence-electron chi connectivity index (χ2n) is 6.72. The van der Waals surface area contributed by atoms with E-state index in [0.29, 0.717) is 5.13 Å². The smallest absolute Gasteiger partial charge is 0.416 e. The first-order valence-corrected chi connectivity index (χ1v) is 9.98. The van der Waals surface area contributed by atoms with Gasteiger partial charge in [0.2, 0.25) is 17.7 Å². The molecule has 1 N–H and O–H groups in total. The topological polar surface area (TPSA) is 80.9 Å². The number of amides is 1. The van der Waals surface area contributed by atoms with Crippen molar-refractivity contribution in [1.29, 1.82) is 0 Å². The Morgan fingerprint density at radius 2 is 2.03 bits per heavy atom. The van der Waals surface area contributed by atoms with Gasteiger partial charge in [0.1, 0.15) is 0 Å². The number of aryl methyl sites for hydroxylation is 3. The molecule has 152 valence electrons. The Morgan fingerprint density at radius 3 is 2.83 bits per heavy atom. The van der Waals surface area contributed by atoms with Gasteiger partial charge in [-0.2, -0.15) is 13.2 Å². The molecule has 0 fully saturated rings. The van der Waals surface area contributed by atoms with Gasteiger partial charge >= 0.3 is 6.18 Å². The minimum Gasteiger partial charge on any atom is -0.421 e. The second-order valence-corrected chi connectivity index (χ2v) is 7.81. The molecular formula is C19H17F3N4O2S. The molecule has 2 aromatic heterocycles. The van der Waals surface area contributed by atoms with E-state index in [9.17, 15) is 18.0 Å². The molecule has 1 aromatic carbocycles. The Balaban J connectivity index is 1.36. The van der Waals surface area contributed by atoms with Crippen molar-refractivity contribution < 1.29 is 22.4 Å². The summed E-state index contributed by atoms with van der Waals surface area (Å²) in [5.41, 5.74) is 0.454. The number of hydrogen-bond acceptors (Lipinski definition) is 6. The molecule has 0 atom stereocenters. The summed E-state index contributed by atoms with van der Waals surface area (Å²) in [6.45, 7) is 0. The van der Waals surface area contributed by atoms with E-state index in [-0.39, 0.29) is 36.1 Å². The van der Waals surface area contributed by atoms with Crippen LogP contribution in [0.4, 0.5) is 18.3 Å². The van der Waals surface area contributed by atoms with Crippen LogP contribution in [0.15, 0.2) is 28.7 Å². The Bertz CT molecular complexity index is 1010. The molecule has 4 rings (SSSR count). The van der Waals surface area contributed by atoms with Crippen molar-refractivity contribution in [3.8, 4) is 11.5 Å². The highest BCUT2D eigenvalue weighted by atomic mass is 32.1. The molecule has 6 nitrogen and oxygen atoms in total. The summed E-state index contributed by atoms with van der Waals surface area (Å²) in [7, 11) is 0. The van der Waals surface area contributed by atoms with Gasteiger partial charge in [0.05, 0.1) is 11.3 Å². The summed E-state index contributed by atoms with van der Waals surface area (Å²) in [4.78, 5) is 17.9. The lowest BCUT2D eigenvalue weighted by molar-refractivity contribution is -0.137. The lowest BCUT2D eigenvalue weighted by Gasteiger charge is -2.06. The number of rotatable bonds is 5. The van der Waals surface area contributed by atoms with E-state index >= 15 is 0 Å². The van der Waals surface area contributed by atoms with Gasteiger partial charge in [-0.15, -0.1) is 21.5 Å². The van der Waals surface area contributed by atoms with Crippen LogP contribution in [0.2, 0.25) is 0 Å².